The van der Waals surface area contributed by atoms with Crippen LogP contribution in [0.2, 0.25) is 0 Å². The molecule has 0 radical (unpaired) electrons. The zero-order valence-corrected chi connectivity index (χ0v) is 13.1. The predicted octanol–water partition coefficient (Wildman–Crippen LogP) is 4.19. The van der Waals surface area contributed by atoms with Crippen LogP contribution in [0, 0.1) is 0 Å². The lowest BCUT2D eigenvalue weighted by molar-refractivity contribution is 0.0697. The number of carboxylic acid groups (broad SMARTS) is 1. The fraction of sp³-hybridized carbons (Fsp3) is 0.158. The van der Waals surface area contributed by atoms with Crippen LogP contribution in [0.4, 0.5) is 0 Å². The van der Waals surface area contributed by atoms with Crippen LogP contribution >= 0.6 is 0 Å². The third kappa shape index (κ3) is 4.81. The van der Waals surface area contributed by atoms with Crippen LogP contribution in [0.3, 0.4) is 0 Å². The van der Waals surface area contributed by atoms with Crippen LogP contribution in [-0.4, -0.2) is 20.9 Å². The number of rotatable bonds is 7. The molecule has 0 atom stereocenters. The van der Waals surface area contributed by atoms with Crippen molar-refractivity contribution in [3.63, 3.8) is 0 Å². The first-order chi connectivity index (χ1) is 11.1. The Morgan fingerprint density at radius 2 is 2.04 bits per heavy atom. The van der Waals surface area contributed by atoms with Gasteiger partial charge in [-0.3, -0.25) is 0 Å². The summed E-state index contributed by atoms with van der Waals surface area (Å²) in [6, 6.07) is 6.65. The van der Waals surface area contributed by atoms with E-state index in [0.29, 0.717) is 0 Å². The van der Waals surface area contributed by atoms with Crippen LogP contribution in [-0.2, 0) is 6.42 Å². The highest BCUT2D eigenvalue weighted by molar-refractivity contribution is 5.87. The third-order valence-electron chi connectivity index (χ3n) is 3.39. The summed E-state index contributed by atoms with van der Waals surface area (Å²) in [7, 11) is 0. The minimum Gasteiger partial charge on any atom is -0.478 e. The van der Waals surface area contributed by atoms with Crippen LogP contribution in [0.5, 0.6) is 0 Å². The molecule has 118 valence electrons. The highest BCUT2D eigenvalue weighted by Crippen LogP contribution is 2.13. The molecule has 1 N–H and O–H groups in total. The highest BCUT2D eigenvalue weighted by atomic mass is 16.4. The van der Waals surface area contributed by atoms with Crippen molar-refractivity contribution >= 4 is 5.97 Å². The van der Waals surface area contributed by atoms with Gasteiger partial charge in [-0.15, -0.1) is 0 Å². The lowest BCUT2D eigenvalue weighted by Crippen LogP contribution is -1.98. The van der Waals surface area contributed by atoms with Crippen LogP contribution < -0.4 is 0 Å². The molecule has 0 aliphatic carbocycles. The van der Waals surface area contributed by atoms with Gasteiger partial charge in [0.2, 0.25) is 0 Å². The lowest BCUT2D eigenvalue weighted by Gasteiger charge is -2.01. The van der Waals surface area contributed by atoms with Gasteiger partial charge in [-0.2, -0.15) is 5.10 Å². The summed E-state index contributed by atoms with van der Waals surface area (Å²) in [4.78, 5) is 10.9. The Labute approximate surface area is 136 Å². The van der Waals surface area contributed by atoms with Crippen molar-refractivity contribution in [3.05, 3.63) is 84.2 Å². The van der Waals surface area contributed by atoms with Crippen molar-refractivity contribution in [2.75, 3.05) is 0 Å². The normalized spacial score (nSPS) is 11.3. The van der Waals surface area contributed by atoms with Gasteiger partial charge >= 0.3 is 5.97 Å². The maximum atomic E-state index is 10.9. The Kier molecular flexibility index (Phi) is 5.69. The quantitative estimate of drug-likeness (QED) is 0.780. The average molecular weight is 308 g/mol. The number of hydrogen-bond acceptors (Lipinski definition) is 2. The fourth-order valence-electron chi connectivity index (χ4n) is 2.08. The molecule has 23 heavy (non-hydrogen) atoms. The molecule has 1 aromatic carbocycles. The first-order valence-electron chi connectivity index (χ1n) is 7.44. The molecule has 4 nitrogen and oxygen atoms in total. The molecule has 0 spiro atoms. The topological polar surface area (TPSA) is 55.1 Å². The minimum atomic E-state index is -0.929. The minimum absolute atomic E-state index is 0.269. The summed E-state index contributed by atoms with van der Waals surface area (Å²) in [6.07, 6.45) is 13.5. The third-order valence-corrected chi connectivity index (χ3v) is 3.39. The second kappa shape index (κ2) is 7.94. The molecule has 0 bridgehead atoms. The van der Waals surface area contributed by atoms with Gasteiger partial charge in [0.1, 0.15) is 0 Å². The van der Waals surface area contributed by atoms with Gasteiger partial charge in [-0.05, 0) is 49.6 Å². The Balaban J connectivity index is 1.97. The van der Waals surface area contributed by atoms with Gasteiger partial charge in [0.05, 0.1) is 17.4 Å². The Morgan fingerprint density at radius 3 is 2.70 bits per heavy atom. The molecule has 2 rings (SSSR count). The zero-order valence-electron chi connectivity index (χ0n) is 13.1. The second-order valence-electron chi connectivity index (χ2n) is 5.19. The highest BCUT2D eigenvalue weighted by Gasteiger charge is 2.04. The van der Waals surface area contributed by atoms with Crippen molar-refractivity contribution in [1.82, 2.24) is 9.78 Å². The van der Waals surface area contributed by atoms with Crippen molar-refractivity contribution < 1.29 is 9.90 Å². The van der Waals surface area contributed by atoms with Crippen LogP contribution in [0.1, 0.15) is 29.3 Å². The Bertz CT molecular complexity index is 737. The number of allylic oxidation sites excluding steroid dienone is 5. The van der Waals surface area contributed by atoms with Gasteiger partial charge in [-0.1, -0.05) is 36.5 Å². The molecule has 0 amide bonds. The van der Waals surface area contributed by atoms with Crippen LogP contribution in [0.15, 0.2) is 73.1 Å². The maximum Gasteiger partial charge on any atom is 0.335 e. The lowest BCUT2D eigenvalue weighted by atomic mass is 10.1. The first kappa shape index (κ1) is 16.5. The summed E-state index contributed by atoms with van der Waals surface area (Å²) in [5.41, 5.74) is 3.30. The van der Waals surface area contributed by atoms with Gasteiger partial charge in [0.15, 0.2) is 0 Å². The molecule has 0 aliphatic rings. The van der Waals surface area contributed by atoms with Crippen molar-refractivity contribution in [1.29, 1.82) is 0 Å². The van der Waals surface area contributed by atoms with Crippen molar-refractivity contribution in [2.24, 2.45) is 0 Å². The van der Waals surface area contributed by atoms with Gasteiger partial charge in [0, 0.05) is 6.20 Å². The number of carboxylic acids is 1. The summed E-state index contributed by atoms with van der Waals surface area (Å²) < 4.78 is 1.75. The molecular formula is C19H20N2O2. The molecular weight excluding hydrogens is 288 g/mol. The molecule has 2 aromatic rings. The molecule has 1 aromatic heterocycles. The van der Waals surface area contributed by atoms with E-state index in [1.807, 2.05) is 43.6 Å². The van der Waals surface area contributed by atoms with Gasteiger partial charge in [0.25, 0.3) is 0 Å². The number of aromatic nitrogens is 2. The second-order valence-corrected chi connectivity index (χ2v) is 5.19. The van der Waals surface area contributed by atoms with E-state index in [4.69, 9.17) is 5.11 Å². The standard InChI is InChI=1S/C19H20N2O2/c1-3-4-5-6-15(2)7-8-16-13-20-21(14-16)18-11-9-17(10-12-18)19(22)23/h3-6,9-14H,2,7-8H2,1H3,(H,22,23)/b4-3-,6-5-. The molecule has 0 saturated carbocycles. The molecule has 0 aliphatic heterocycles. The van der Waals surface area contributed by atoms with E-state index in [-0.39, 0.29) is 5.56 Å². The van der Waals surface area contributed by atoms with E-state index in [9.17, 15) is 4.79 Å². The average Bonchev–Trinajstić information content (AvgIpc) is 3.02. The van der Waals surface area contributed by atoms with E-state index in [2.05, 4.69) is 11.7 Å². The summed E-state index contributed by atoms with van der Waals surface area (Å²) in [5, 5.41) is 13.2. The monoisotopic (exact) mass is 308 g/mol. The number of aromatic carboxylic acids is 1. The smallest absolute Gasteiger partial charge is 0.335 e. The van der Waals surface area contributed by atoms with Crippen LogP contribution in [0.25, 0.3) is 5.69 Å². The SMILES string of the molecule is C=C(/C=C\C=C/C)CCc1cnn(-c2ccc(C(=O)O)cc2)c1. The van der Waals surface area contributed by atoms with Gasteiger partial charge < -0.3 is 5.11 Å². The van der Waals surface area contributed by atoms with Gasteiger partial charge in [-0.25, -0.2) is 9.48 Å². The largest absolute Gasteiger partial charge is 0.478 e. The Hall–Kier alpha value is -2.88. The molecule has 1 heterocycles. The van der Waals surface area contributed by atoms with E-state index in [1.54, 1.807) is 28.9 Å². The fourth-order valence-corrected chi connectivity index (χ4v) is 2.08. The van der Waals surface area contributed by atoms with E-state index in [1.165, 1.54) is 0 Å². The van der Waals surface area contributed by atoms with Crippen molar-refractivity contribution in [2.45, 2.75) is 19.8 Å². The molecule has 0 saturated heterocycles. The number of benzene rings is 1. The first-order valence-corrected chi connectivity index (χ1v) is 7.44. The number of carbonyl (C=O) groups is 1. The zero-order chi connectivity index (χ0) is 16.7. The molecule has 0 unspecified atom stereocenters. The summed E-state index contributed by atoms with van der Waals surface area (Å²) >= 11 is 0. The molecule has 4 heteroatoms. The van der Waals surface area contributed by atoms with Crippen molar-refractivity contribution in [3.8, 4) is 5.69 Å². The summed E-state index contributed by atoms with van der Waals surface area (Å²) in [5.74, 6) is -0.929. The number of hydrogen-bond donors (Lipinski definition) is 1. The van der Waals surface area contributed by atoms with E-state index >= 15 is 0 Å². The summed E-state index contributed by atoms with van der Waals surface area (Å²) in [6.45, 7) is 6.01. The maximum absolute atomic E-state index is 10.9. The Morgan fingerprint density at radius 1 is 1.30 bits per heavy atom. The molecule has 0 fully saturated rings. The number of nitrogens with zero attached hydrogens (tertiary/aromatic N) is 2. The number of aryl methyl sites for hydroxylation is 1. The predicted molar refractivity (Wildman–Crippen MR) is 91.9 cm³/mol. The van der Waals surface area contributed by atoms with E-state index < -0.39 is 5.97 Å². The van der Waals surface area contributed by atoms with E-state index in [0.717, 1.165) is 29.7 Å².